The molecule has 0 spiro atoms. The summed E-state index contributed by atoms with van der Waals surface area (Å²) in [7, 11) is 4.95. The van der Waals surface area contributed by atoms with Crippen molar-refractivity contribution in [3.63, 3.8) is 0 Å². The summed E-state index contributed by atoms with van der Waals surface area (Å²) < 4.78 is 15.0. The van der Waals surface area contributed by atoms with Crippen LogP contribution < -0.4 is 5.73 Å². The lowest BCUT2D eigenvalue weighted by molar-refractivity contribution is -0.386. The number of aliphatic imine (C=N–C) groups is 1. The zero-order valence-electron chi connectivity index (χ0n) is 40.4. The van der Waals surface area contributed by atoms with E-state index in [0.717, 1.165) is 39.1 Å². The number of nitrogens with zero attached hydrogens (tertiary/aromatic N) is 4. The molecular weight excluding hydrogens is 927 g/mol. The average molecular weight is 1010 g/mol. The second-order valence-electron chi connectivity index (χ2n) is 15.6. The van der Waals surface area contributed by atoms with Gasteiger partial charge in [-0.1, -0.05) is 61.4 Å². The van der Waals surface area contributed by atoms with Crippen LogP contribution in [0.1, 0.15) is 125 Å². The van der Waals surface area contributed by atoms with Crippen molar-refractivity contribution in [3.8, 4) is 0 Å². The van der Waals surface area contributed by atoms with E-state index >= 15 is 0 Å². The summed E-state index contributed by atoms with van der Waals surface area (Å²) in [4.78, 5) is 55.1. The van der Waals surface area contributed by atoms with Gasteiger partial charge in [-0.3, -0.25) is 30.3 Å². The highest BCUT2D eigenvalue weighted by Gasteiger charge is 2.18. The van der Waals surface area contributed by atoms with Gasteiger partial charge in [-0.05, 0) is 150 Å². The molecular formula is C54H81N5O13. The number of aryl methyl sites for hydroxylation is 10. The first-order valence-electron chi connectivity index (χ1n) is 20.5. The van der Waals surface area contributed by atoms with E-state index in [4.69, 9.17) is 30.2 Å². The number of methoxy groups -OCH3 is 3. The molecule has 0 fully saturated rings. The summed E-state index contributed by atoms with van der Waals surface area (Å²) in [6, 6.07) is 17.5. The molecule has 5 aromatic carbocycles. The van der Waals surface area contributed by atoms with Crippen molar-refractivity contribution in [1.29, 1.82) is 0 Å². The zero-order chi connectivity index (χ0) is 51.3. The number of hydrogen-bond acceptors (Lipinski definition) is 14. The first-order valence-corrected chi connectivity index (χ1v) is 20.5. The summed E-state index contributed by atoms with van der Waals surface area (Å²) in [5.74, 6) is -1.08. The Morgan fingerprint density at radius 3 is 1.00 bits per heavy atom. The molecule has 5 rings (SSSR count). The van der Waals surface area contributed by atoms with Crippen LogP contribution >= 0.6 is 0 Å². The smallest absolute Gasteiger partial charge is 0.335 e. The van der Waals surface area contributed by atoms with Gasteiger partial charge in [0.05, 0.1) is 52.4 Å². The van der Waals surface area contributed by atoms with Crippen molar-refractivity contribution in [2.45, 2.75) is 133 Å². The average Bonchev–Trinajstić information content (AvgIpc) is 3.21. The van der Waals surface area contributed by atoms with Crippen LogP contribution in [0.4, 0.5) is 28.4 Å². The second kappa shape index (κ2) is 35.8. The number of isocyanates is 1. The second-order valence-corrected chi connectivity index (χ2v) is 15.6. The van der Waals surface area contributed by atoms with E-state index in [0.29, 0.717) is 64.5 Å². The third-order valence-electron chi connectivity index (χ3n) is 9.86. The molecule has 18 nitrogen and oxygen atoms in total. The molecule has 72 heavy (non-hydrogen) atoms. The number of aliphatic hydroxyl groups excluding tert-OH is 1. The lowest BCUT2D eigenvalue weighted by Crippen LogP contribution is -2.01. The molecule has 18 heteroatoms. The number of benzene rings is 5. The van der Waals surface area contributed by atoms with Crippen molar-refractivity contribution in [2.75, 3.05) is 27.1 Å². The molecule has 400 valence electrons. The highest BCUT2D eigenvalue weighted by atomic mass is 16.6. The number of nitrogens with two attached hydrogens (primary N) is 1. The lowest BCUT2D eigenvalue weighted by Gasteiger charge is -2.07. The predicted octanol–water partition coefficient (Wildman–Crippen LogP) is 13.6. The first-order chi connectivity index (χ1) is 31.4. The van der Waals surface area contributed by atoms with Crippen molar-refractivity contribution in [1.82, 2.24) is 0 Å². The van der Waals surface area contributed by atoms with Crippen LogP contribution in [0.25, 0.3) is 0 Å². The fraction of sp³-hybridized carbons (Fsp3) is 0.407. The Hall–Kier alpha value is -7.21. The number of aromatic carboxylic acids is 1. The fourth-order valence-corrected chi connectivity index (χ4v) is 7.21. The maximum atomic E-state index is 10.7. The first kappa shape index (κ1) is 73.7. The topological polar surface area (TPSA) is 270 Å². The minimum Gasteiger partial charge on any atom is -0.478 e. The molecule has 0 saturated carbocycles. The molecule has 0 aliphatic heterocycles. The van der Waals surface area contributed by atoms with Crippen LogP contribution in [-0.2, 0) is 45.4 Å². The van der Waals surface area contributed by atoms with E-state index in [1.54, 1.807) is 79.4 Å². The quantitative estimate of drug-likeness (QED) is 0.0345. The van der Waals surface area contributed by atoms with Crippen LogP contribution in [0, 0.1) is 99.6 Å². The summed E-state index contributed by atoms with van der Waals surface area (Å²) in [5, 5.41) is 49.4. The maximum absolute atomic E-state index is 10.7. The summed E-state index contributed by atoms with van der Waals surface area (Å²) in [5.41, 5.74) is 19.2. The minimum absolute atomic E-state index is 0. The number of carboxylic acid groups (broad SMARTS) is 1. The van der Waals surface area contributed by atoms with E-state index in [2.05, 4.69) is 17.1 Å². The van der Waals surface area contributed by atoms with E-state index in [1.807, 2.05) is 39.8 Å². The number of carbonyl (C=O) groups is 1. The molecule has 0 unspecified atom stereocenters. The van der Waals surface area contributed by atoms with E-state index in [9.17, 15) is 39.9 Å². The summed E-state index contributed by atoms with van der Waals surface area (Å²) in [6.07, 6.45) is 1.56. The Labute approximate surface area is 427 Å². The van der Waals surface area contributed by atoms with Crippen LogP contribution in [0.3, 0.4) is 0 Å². The number of ether oxygens (including phenoxy) is 3. The Morgan fingerprint density at radius 1 is 0.514 bits per heavy atom. The molecule has 0 amide bonds. The molecule has 0 aliphatic carbocycles. The predicted molar refractivity (Wildman–Crippen MR) is 290 cm³/mol. The third-order valence-corrected chi connectivity index (χ3v) is 9.86. The largest absolute Gasteiger partial charge is 0.478 e. The van der Waals surface area contributed by atoms with Crippen molar-refractivity contribution < 1.29 is 48.8 Å². The monoisotopic (exact) mass is 1010 g/mol. The number of nitro benzene ring substituents is 3. The van der Waals surface area contributed by atoms with Gasteiger partial charge in [0.2, 0.25) is 6.08 Å². The van der Waals surface area contributed by atoms with Gasteiger partial charge in [-0.25, -0.2) is 9.59 Å². The van der Waals surface area contributed by atoms with Gasteiger partial charge in [-0.2, -0.15) is 4.99 Å². The molecule has 0 atom stereocenters. The van der Waals surface area contributed by atoms with Gasteiger partial charge in [-0.15, -0.1) is 0 Å². The number of hydrogen-bond donors (Lipinski definition) is 3. The van der Waals surface area contributed by atoms with Gasteiger partial charge in [0.1, 0.15) is 0 Å². The number of nitrogen functional groups attached to an aromatic ring is 1. The van der Waals surface area contributed by atoms with Gasteiger partial charge in [0, 0.05) is 60.4 Å². The minimum atomic E-state index is -1.08. The SMILES string of the molecule is C.C.C.C.C.COCc1cc(C)c(N)c(C)c1.COCc1cc(C)c(N=C=O)c(C)c1.COCc1cc(C)c([N+](=O)[O-])c(C)c1.Cc1cc(C(=O)O)cc(C)c1[N+](=O)[O-].Cc1cc(CO)cc(C)c1[N+](=O)[O-]. The van der Waals surface area contributed by atoms with Gasteiger partial charge in [0.15, 0.2) is 0 Å². The Bertz CT molecular complexity index is 2430. The maximum Gasteiger partial charge on any atom is 0.335 e. The zero-order valence-corrected chi connectivity index (χ0v) is 40.4. The lowest BCUT2D eigenvalue weighted by atomic mass is 10.0. The molecule has 0 heterocycles. The Balaban J connectivity index is -0.000000256. The number of rotatable bonds is 12. The van der Waals surface area contributed by atoms with Crippen molar-refractivity contribution >= 4 is 40.5 Å². The van der Waals surface area contributed by atoms with Gasteiger partial charge < -0.3 is 30.2 Å². The van der Waals surface area contributed by atoms with E-state index in [-0.39, 0.29) is 71.3 Å². The molecule has 0 radical (unpaired) electrons. The number of anilines is 1. The van der Waals surface area contributed by atoms with Crippen LogP contribution in [0.5, 0.6) is 0 Å². The number of nitro groups is 3. The van der Waals surface area contributed by atoms with Crippen molar-refractivity contribution in [2.24, 2.45) is 4.99 Å². The summed E-state index contributed by atoms with van der Waals surface area (Å²) >= 11 is 0. The summed E-state index contributed by atoms with van der Waals surface area (Å²) in [6.45, 7) is 19.4. The van der Waals surface area contributed by atoms with Crippen LogP contribution in [0.15, 0.2) is 65.7 Å². The van der Waals surface area contributed by atoms with E-state index < -0.39 is 15.8 Å². The molecule has 0 saturated heterocycles. The molecule has 5 aromatic rings. The number of aliphatic hydroxyl groups is 1. The van der Waals surface area contributed by atoms with Gasteiger partial charge in [0.25, 0.3) is 17.1 Å². The van der Waals surface area contributed by atoms with Gasteiger partial charge >= 0.3 is 5.97 Å². The standard InChI is InChI=1S/C11H13NO2.C10H13NO3.C10H15NO.C9H9NO4.C9H11NO3.5CH4/c1-8-4-10(6-14-3)5-9(2)11(8)12-7-13;1-7-4-9(6-14-3)5-8(2)10(7)11(12)13;1-7-4-9(6-12-3)5-8(2)10(7)11;1-5-3-7(9(11)12)4-6(2)8(5)10(13)14;1-6-3-8(5-11)4-7(2)9(6)10(12)13;;;;;/h2*4-5H,6H2,1-3H3;4-5H,6,11H2,1-3H3;3-4H,1-2H3,(H,11,12);3-4,11H,5H2,1-2H3;5*1H4. The van der Waals surface area contributed by atoms with E-state index in [1.165, 1.54) is 31.5 Å². The molecule has 0 aliphatic rings. The highest BCUT2D eigenvalue weighted by Crippen LogP contribution is 2.27. The Morgan fingerprint density at radius 2 is 0.764 bits per heavy atom. The molecule has 4 N–H and O–H groups in total. The molecule has 0 bridgehead atoms. The normalized spacial score (nSPS) is 9.31. The van der Waals surface area contributed by atoms with Crippen molar-refractivity contribution in [3.05, 3.63) is 174 Å². The van der Waals surface area contributed by atoms with Crippen LogP contribution in [0.2, 0.25) is 0 Å². The number of carbonyl (C=O) groups excluding carboxylic acids is 1. The fourth-order valence-electron chi connectivity index (χ4n) is 7.21. The van der Waals surface area contributed by atoms with Crippen LogP contribution in [-0.4, -0.2) is 58.4 Å². The Kier molecular flexibility index (Phi) is 36.7. The number of carboxylic acids is 1. The highest BCUT2D eigenvalue weighted by molar-refractivity contribution is 5.88. The third kappa shape index (κ3) is 22.7. The molecule has 0 aromatic heterocycles.